The molecule has 1 unspecified atom stereocenters. The molecule has 0 bridgehead atoms. The zero-order valence-electron chi connectivity index (χ0n) is 13.1. The Morgan fingerprint density at radius 3 is 2.52 bits per heavy atom. The minimum absolute atomic E-state index is 0.241. The SMILES string of the molecule is CC(CNc1nn(C)c(=O)n(C)c1=O)CN1CCCCC1. The van der Waals surface area contributed by atoms with Gasteiger partial charge in [-0.25, -0.2) is 9.48 Å². The van der Waals surface area contributed by atoms with Crippen molar-refractivity contribution in [1.29, 1.82) is 0 Å². The van der Waals surface area contributed by atoms with Gasteiger partial charge in [0.25, 0.3) is 5.56 Å². The number of nitrogens with zero attached hydrogens (tertiary/aromatic N) is 4. The van der Waals surface area contributed by atoms with Crippen LogP contribution < -0.4 is 16.6 Å². The van der Waals surface area contributed by atoms with E-state index in [9.17, 15) is 9.59 Å². The Labute approximate surface area is 124 Å². The van der Waals surface area contributed by atoms with Gasteiger partial charge in [0.1, 0.15) is 0 Å². The summed E-state index contributed by atoms with van der Waals surface area (Å²) in [6, 6.07) is 0. The third-order valence-corrected chi connectivity index (χ3v) is 3.96. The normalized spacial score (nSPS) is 17.7. The second-order valence-corrected chi connectivity index (χ2v) is 5.97. The topological polar surface area (TPSA) is 72.2 Å². The molecule has 7 heteroatoms. The van der Waals surface area contributed by atoms with Gasteiger partial charge in [-0.1, -0.05) is 13.3 Å². The first kappa shape index (κ1) is 15.8. The average molecular weight is 295 g/mol. The van der Waals surface area contributed by atoms with Crippen molar-refractivity contribution in [1.82, 2.24) is 19.2 Å². The van der Waals surface area contributed by atoms with Gasteiger partial charge in [-0.15, -0.1) is 5.10 Å². The van der Waals surface area contributed by atoms with Crippen LogP contribution in [0.5, 0.6) is 0 Å². The van der Waals surface area contributed by atoms with Crippen LogP contribution in [0.2, 0.25) is 0 Å². The van der Waals surface area contributed by atoms with E-state index in [0.717, 1.165) is 11.1 Å². The van der Waals surface area contributed by atoms with E-state index in [1.807, 2.05) is 0 Å². The zero-order valence-corrected chi connectivity index (χ0v) is 13.1. The summed E-state index contributed by atoms with van der Waals surface area (Å²) >= 11 is 0. The number of anilines is 1. The molecule has 0 saturated carbocycles. The summed E-state index contributed by atoms with van der Waals surface area (Å²) in [7, 11) is 3.01. The largest absolute Gasteiger partial charge is 0.364 e. The van der Waals surface area contributed by atoms with Crippen molar-refractivity contribution >= 4 is 5.82 Å². The lowest BCUT2D eigenvalue weighted by Crippen LogP contribution is -2.41. The first-order chi connectivity index (χ1) is 9.99. The molecular weight excluding hydrogens is 270 g/mol. The van der Waals surface area contributed by atoms with E-state index in [1.54, 1.807) is 7.05 Å². The molecule has 21 heavy (non-hydrogen) atoms. The van der Waals surface area contributed by atoms with Gasteiger partial charge in [-0.3, -0.25) is 9.36 Å². The van der Waals surface area contributed by atoms with Crippen LogP contribution in [-0.4, -0.2) is 45.4 Å². The Balaban J connectivity index is 1.93. The first-order valence-electron chi connectivity index (χ1n) is 7.59. The van der Waals surface area contributed by atoms with Gasteiger partial charge >= 0.3 is 5.69 Å². The summed E-state index contributed by atoms with van der Waals surface area (Å²) in [5.41, 5.74) is -0.782. The molecule has 2 heterocycles. The fourth-order valence-electron chi connectivity index (χ4n) is 2.73. The maximum absolute atomic E-state index is 12.0. The van der Waals surface area contributed by atoms with Crippen LogP contribution in [0.1, 0.15) is 26.2 Å². The van der Waals surface area contributed by atoms with Gasteiger partial charge in [0.05, 0.1) is 0 Å². The molecule has 1 aromatic rings. The lowest BCUT2D eigenvalue weighted by atomic mass is 10.1. The van der Waals surface area contributed by atoms with Crippen molar-refractivity contribution in [2.75, 3.05) is 31.5 Å². The highest BCUT2D eigenvalue weighted by atomic mass is 16.2. The summed E-state index contributed by atoms with van der Waals surface area (Å²) in [5.74, 6) is 0.664. The van der Waals surface area contributed by atoms with E-state index in [4.69, 9.17) is 0 Å². The summed E-state index contributed by atoms with van der Waals surface area (Å²) in [4.78, 5) is 26.0. The fourth-order valence-corrected chi connectivity index (χ4v) is 2.73. The highest BCUT2D eigenvalue weighted by Gasteiger charge is 2.14. The van der Waals surface area contributed by atoms with Crippen molar-refractivity contribution in [3.05, 3.63) is 20.8 Å². The Morgan fingerprint density at radius 1 is 1.19 bits per heavy atom. The lowest BCUT2D eigenvalue weighted by Gasteiger charge is -2.29. The van der Waals surface area contributed by atoms with Gasteiger partial charge in [-0.05, 0) is 31.8 Å². The van der Waals surface area contributed by atoms with Crippen LogP contribution in [0.15, 0.2) is 9.59 Å². The molecule has 1 aliphatic rings. The third-order valence-electron chi connectivity index (χ3n) is 3.96. The molecule has 1 atom stereocenters. The number of piperidine rings is 1. The Morgan fingerprint density at radius 2 is 1.86 bits per heavy atom. The molecule has 118 valence electrons. The standard InChI is InChI=1S/C14H25N5O2/c1-11(10-19-7-5-4-6-8-19)9-15-12-13(20)17(2)14(21)18(3)16-12/h11H,4-10H2,1-3H3,(H,15,16). The summed E-state index contributed by atoms with van der Waals surface area (Å²) in [6.45, 7) is 6.21. The molecule has 2 rings (SSSR count). The molecule has 1 fully saturated rings. The Kier molecular flexibility index (Phi) is 5.17. The molecule has 0 aliphatic carbocycles. The monoisotopic (exact) mass is 295 g/mol. The van der Waals surface area contributed by atoms with Crippen molar-refractivity contribution in [2.45, 2.75) is 26.2 Å². The van der Waals surface area contributed by atoms with Gasteiger partial charge in [0, 0.05) is 27.2 Å². The quantitative estimate of drug-likeness (QED) is 0.829. The predicted octanol–water partition coefficient (Wildman–Crippen LogP) is 0.0129. The summed E-state index contributed by atoms with van der Waals surface area (Å²) in [5, 5.41) is 7.08. The van der Waals surface area contributed by atoms with Crippen LogP contribution in [0.4, 0.5) is 5.82 Å². The number of aryl methyl sites for hydroxylation is 1. The molecule has 0 amide bonds. The lowest BCUT2D eigenvalue weighted by molar-refractivity contribution is 0.204. The number of rotatable bonds is 5. The molecule has 1 aromatic heterocycles. The van der Waals surface area contributed by atoms with Gasteiger partial charge in [0.2, 0.25) is 5.82 Å². The van der Waals surface area contributed by atoms with E-state index in [2.05, 4.69) is 22.2 Å². The smallest absolute Gasteiger partial charge is 0.346 e. The maximum Gasteiger partial charge on any atom is 0.346 e. The molecular formula is C14H25N5O2. The highest BCUT2D eigenvalue weighted by Crippen LogP contribution is 2.11. The molecule has 7 nitrogen and oxygen atoms in total. The summed E-state index contributed by atoms with van der Waals surface area (Å²) < 4.78 is 2.25. The van der Waals surface area contributed by atoms with E-state index in [1.165, 1.54) is 44.1 Å². The van der Waals surface area contributed by atoms with Gasteiger partial charge < -0.3 is 10.2 Å². The summed E-state index contributed by atoms with van der Waals surface area (Å²) in [6.07, 6.45) is 3.90. The molecule has 0 aromatic carbocycles. The zero-order chi connectivity index (χ0) is 15.4. The second-order valence-electron chi connectivity index (χ2n) is 5.97. The van der Waals surface area contributed by atoms with Gasteiger partial charge in [0.15, 0.2) is 0 Å². The molecule has 1 N–H and O–H groups in total. The van der Waals surface area contributed by atoms with Gasteiger partial charge in [-0.2, -0.15) is 0 Å². The Hall–Kier alpha value is -1.63. The Bertz CT molecular complexity index is 586. The number of likely N-dealkylation sites (tertiary alicyclic amines) is 1. The third kappa shape index (κ3) is 3.93. The number of hydrogen-bond acceptors (Lipinski definition) is 5. The van der Waals surface area contributed by atoms with Crippen molar-refractivity contribution in [2.24, 2.45) is 20.0 Å². The van der Waals surface area contributed by atoms with Crippen LogP contribution in [0, 0.1) is 5.92 Å². The fraction of sp³-hybridized carbons (Fsp3) is 0.786. The van der Waals surface area contributed by atoms with E-state index >= 15 is 0 Å². The van der Waals surface area contributed by atoms with Crippen LogP contribution in [-0.2, 0) is 14.1 Å². The second kappa shape index (κ2) is 6.89. The average Bonchev–Trinajstić information content (AvgIpc) is 2.48. The number of aromatic nitrogens is 3. The van der Waals surface area contributed by atoms with Crippen LogP contribution >= 0.6 is 0 Å². The highest BCUT2D eigenvalue weighted by molar-refractivity contribution is 5.29. The van der Waals surface area contributed by atoms with Crippen LogP contribution in [0.25, 0.3) is 0 Å². The van der Waals surface area contributed by atoms with Crippen LogP contribution in [0.3, 0.4) is 0 Å². The number of nitrogens with one attached hydrogen (secondary N) is 1. The van der Waals surface area contributed by atoms with E-state index < -0.39 is 5.69 Å². The molecule has 1 saturated heterocycles. The first-order valence-corrected chi connectivity index (χ1v) is 7.59. The number of hydrogen-bond donors (Lipinski definition) is 1. The minimum Gasteiger partial charge on any atom is -0.364 e. The van der Waals surface area contributed by atoms with Crippen molar-refractivity contribution < 1.29 is 0 Å². The van der Waals surface area contributed by atoms with Crippen molar-refractivity contribution in [3.63, 3.8) is 0 Å². The predicted molar refractivity (Wildman–Crippen MR) is 82.7 cm³/mol. The molecule has 0 radical (unpaired) electrons. The van der Waals surface area contributed by atoms with Crippen molar-refractivity contribution in [3.8, 4) is 0 Å². The maximum atomic E-state index is 12.0. The molecule has 0 spiro atoms. The molecule has 1 aliphatic heterocycles. The van der Waals surface area contributed by atoms with E-state index in [-0.39, 0.29) is 11.4 Å². The minimum atomic E-state index is -0.410. The van der Waals surface area contributed by atoms with E-state index in [0.29, 0.717) is 12.5 Å².